The van der Waals surface area contributed by atoms with Gasteiger partial charge < -0.3 is 10.6 Å². The summed E-state index contributed by atoms with van der Waals surface area (Å²) in [5.74, 6) is 0.0659. The molecule has 3 aliphatic carbocycles. The van der Waals surface area contributed by atoms with Crippen molar-refractivity contribution >= 4 is 11.8 Å². The zero-order valence-electron chi connectivity index (χ0n) is 17.7. The van der Waals surface area contributed by atoms with Gasteiger partial charge in [-0.3, -0.25) is 9.59 Å². The van der Waals surface area contributed by atoms with Crippen molar-refractivity contribution in [1.29, 1.82) is 0 Å². The molecule has 3 aliphatic rings. The second-order valence-corrected chi connectivity index (χ2v) is 8.67. The SMILES string of the molecule is O=C(CNC(=O)Cc1cccc(F)c1)NC[C@H]1CC2c3ccccc3C1c1ccccc12. The van der Waals surface area contributed by atoms with Crippen molar-refractivity contribution in [3.63, 3.8) is 0 Å². The Bertz CT molecular complexity index is 1130. The van der Waals surface area contributed by atoms with Gasteiger partial charge >= 0.3 is 0 Å². The third kappa shape index (κ3) is 3.91. The molecular formula is C27H25FN2O2. The number of amides is 2. The molecule has 2 bridgehead atoms. The number of benzene rings is 3. The largest absolute Gasteiger partial charge is 0.354 e. The van der Waals surface area contributed by atoms with Crippen LogP contribution < -0.4 is 10.6 Å². The monoisotopic (exact) mass is 428 g/mol. The molecule has 2 N–H and O–H groups in total. The molecule has 2 amide bonds. The van der Waals surface area contributed by atoms with E-state index in [1.54, 1.807) is 12.1 Å². The van der Waals surface area contributed by atoms with Crippen LogP contribution in [0.4, 0.5) is 4.39 Å². The summed E-state index contributed by atoms with van der Waals surface area (Å²) in [6, 6.07) is 23.2. The van der Waals surface area contributed by atoms with Crippen molar-refractivity contribution in [3.05, 3.63) is 106 Å². The highest BCUT2D eigenvalue weighted by molar-refractivity contribution is 5.85. The van der Waals surface area contributed by atoms with Gasteiger partial charge in [-0.1, -0.05) is 60.7 Å². The van der Waals surface area contributed by atoms with Crippen LogP contribution in [0.25, 0.3) is 0 Å². The summed E-state index contributed by atoms with van der Waals surface area (Å²) in [7, 11) is 0. The number of carbonyl (C=O) groups excluding carboxylic acids is 2. The molecule has 0 aliphatic heterocycles. The van der Waals surface area contributed by atoms with Gasteiger partial charge in [-0.05, 0) is 52.3 Å². The molecule has 3 aromatic rings. The summed E-state index contributed by atoms with van der Waals surface area (Å²) in [6.45, 7) is 0.491. The minimum Gasteiger partial charge on any atom is -0.354 e. The summed E-state index contributed by atoms with van der Waals surface area (Å²) in [5.41, 5.74) is 6.13. The number of hydrogen-bond acceptors (Lipinski definition) is 2. The molecule has 0 aromatic heterocycles. The van der Waals surface area contributed by atoms with Crippen LogP contribution in [0.15, 0.2) is 72.8 Å². The van der Waals surface area contributed by atoms with Gasteiger partial charge in [-0.25, -0.2) is 4.39 Å². The molecule has 0 radical (unpaired) electrons. The maximum Gasteiger partial charge on any atom is 0.239 e. The predicted molar refractivity (Wildman–Crippen MR) is 121 cm³/mol. The fourth-order valence-corrected chi connectivity index (χ4v) is 5.34. The Morgan fingerprint density at radius 3 is 2.12 bits per heavy atom. The standard InChI is InChI=1S/C27H25FN2O2/c28-19-7-5-6-17(12-19)13-25(31)30-16-26(32)29-15-18-14-24-20-8-1-3-10-22(20)27(18)23-11-4-2-9-21(23)24/h1-12,18,24,27H,13-16H2,(H,29,32)(H,30,31)/t18-,24?,27?/m1/s1. The highest BCUT2D eigenvalue weighted by atomic mass is 19.1. The number of fused-ring (bicyclic) bond motifs is 1. The lowest BCUT2D eigenvalue weighted by molar-refractivity contribution is -0.125. The lowest BCUT2D eigenvalue weighted by Gasteiger charge is -2.45. The zero-order chi connectivity index (χ0) is 22.1. The number of carbonyl (C=O) groups is 2. The maximum absolute atomic E-state index is 13.3. The molecule has 0 spiro atoms. The molecule has 0 saturated carbocycles. The molecule has 0 fully saturated rings. The Balaban J connectivity index is 1.19. The molecule has 32 heavy (non-hydrogen) atoms. The number of halogens is 1. The van der Waals surface area contributed by atoms with Gasteiger partial charge in [0, 0.05) is 18.4 Å². The quantitative estimate of drug-likeness (QED) is 0.626. The fourth-order valence-electron chi connectivity index (χ4n) is 5.34. The average molecular weight is 429 g/mol. The first-order chi connectivity index (χ1) is 15.6. The Labute approximate surface area is 186 Å². The molecule has 6 rings (SSSR count). The van der Waals surface area contributed by atoms with Crippen LogP contribution in [0, 0.1) is 11.7 Å². The van der Waals surface area contributed by atoms with E-state index in [1.807, 2.05) is 0 Å². The molecule has 1 atom stereocenters. The van der Waals surface area contributed by atoms with Crippen molar-refractivity contribution in [3.8, 4) is 0 Å². The number of rotatable bonds is 6. The second kappa shape index (κ2) is 8.58. The van der Waals surface area contributed by atoms with Crippen molar-refractivity contribution in [1.82, 2.24) is 10.6 Å². The lowest BCUT2D eigenvalue weighted by Crippen LogP contribution is -2.42. The molecule has 4 nitrogen and oxygen atoms in total. The highest BCUT2D eigenvalue weighted by Crippen LogP contribution is 2.55. The summed E-state index contributed by atoms with van der Waals surface area (Å²) in [6.07, 6.45) is 1.05. The molecule has 162 valence electrons. The van der Waals surface area contributed by atoms with Gasteiger partial charge in [0.2, 0.25) is 11.8 Å². The van der Waals surface area contributed by atoms with Crippen LogP contribution in [0.5, 0.6) is 0 Å². The first kappa shape index (κ1) is 20.4. The van der Waals surface area contributed by atoms with Crippen LogP contribution in [-0.4, -0.2) is 24.9 Å². The molecular weight excluding hydrogens is 403 g/mol. The van der Waals surface area contributed by atoms with Crippen LogP contribution in [-0.2, 0) is 16.0 Å². The van der Waals surface area contributed by atoms with E-state index in [-0.39, 0.29) is 36.5 Å². The Morgan fingerprint density at radius 2 is 1.47 bits per heavy atom. The summed E-state index contributed by atoms with van der Waals surface area (Å²) in [5, 5.41) is 5.64. The first-order valence-corrected chi connectivity index (χ1v) is 11.1. The van der Waals surface area contributed by atoms with Gasteiger partial charge in [-0.2, -0.15) is 0 Å². The van der Waals surface area contributed by atoms with Gasteiger partial charge in [0.15, 0.2) is 0 Å². The Kier molecular flexibility index (Phi) is 5.48. The molecule has 0 heterocycles. The van der Waals surface area contributed by atoms with Gasteiger partial charge in [0.1, 0.15) is 5.82 Å². The third-order valence-electron chi connectivity index (χ3n) is 6.68. The molecule has 0 saturated heterocycles. The number of hydrogen-bond donors (Lipinski definition) is 2. The van der Waals surface area contributed by atoms with Gasteiger partial charge in [0.05, 0.1) is 13.0 Å². The highest BCUT2D eigenvalue weighted by Gasteiger charge is 2.42. The molecule has 3 aromatic carbocycles. The van der Waals surface area contributed by atoms with Crippen LogP contribution in [0.2, 0.25) is 0 Å². The van der Waals surface area contributed by atoms with Crippen molar-refractivity contribution < 1.29 is 14.0 Å². The van der Waals surface area contributed by atoms with Gasteiger partial charge in [-0.15, -0.1) is 0 Å². The lowest BCUT2D eigenvalue weighted by atomic mass is 9.59. The number of nitrogens with one attached hydrogen (secondary N) is 2. The van der Waals surface area contributed by atoms with E-state index in [1.165, 1.54) is 34.4 Å². The summed E-state index contributed by atoms with van der Waals surface area (Å²) in [4.78, 5) is 24.5. The van der Waals surface area contributed by atoms with Crippen LogP contribution in [0.3, 0.4) is 0 Å². The average Bonchev–Trinajstić information content (AvgIpc) is 2.81. The van der Waals surface area contributed by atoms with Crippen molar-refractivity contribution in [2.45, 2.75) is 24.7 Å². The zero-order valence-corrected chi connectivity index (χ0v) is 17.7. The normalized spacial score (nSPS) is 20.2. The van der Waals surface area contributed by atoms with E-state index in [9.17, 15) is 14.0 Å². The van der Waals surface area contributed by atoms with Crippen LogP contribution >= 0.6 is 0 Å². The summed E-state index contributed by atoms with van der Waals surface area (Å²) < 4.78 is 13.3. The van der Waals surface area contributed by atoms with E-state index < -0.39 is 0 Å². The maximum atomic E-state index is 13.3. The topological polar surface area (TPSA) is 58.2 Å². The van der Waals surface area contributed by atoms with Gasteiger partial charge in [0.25, 0.3) is 0 Å². The van der Waals surface area contributed by atoms with E-state index >= 15 is 0 Å². The second-order valence-electron chi connectivity index (χ2n) is 8.67. The fraction of sp³-hybridized carbons (Fsp3) is 0.259. The van der Waals surface area contributed by atoms with Crippen molar-refractivity contribution in [2.75, 3.05) is 13.1 Å². The molecule has 5 heteroatoms. The van der Waals surface area contributed by atoms with E-state index in [4.69, 9.17) is 0 Å². The minimum atomic E-state index is -0.377. The Morgan fingerprint density at radius 1 is 0.812 bits per heavy atom. The van der Waals surface area contributed by atoms with Crippen molar-refractivity contribution in [2.24, 2.45) is 5.92 Å². The van der Waals surface area contributed by atoms with E-state index in [0.717, 1.165) is 6.42 Å². The Hall–Kier alpha value is -3.47. The first-order valence-electron chi connectivity index (χ1n) is 11.1. The predicted octanol–water partition coefficient (Wildman–Crippen LogP) is 3.90. The third-order valence-corrected chi connectivity index (χ3v) is 6.68. The molecule has 0 unspecified atom stereocenters. The van der Waals surface area contributed by atoms with Crippen LogP contribution in [0.1, 0.15) is 46.1 Å². The smallest absolute Gasteiger partial charge is 0.239 e. The van der Waals surface area contributed by atoms with E-state index in [0.29, 0.717) is 23.9 Å². The van der Waals surface area contributed by atoms with E-state index in [2.05, 4.69) is 59.2 Å². The minimum absolute atomic E-state index is 0.0466. The summed E-state index contributed by atoms with van der Waals surface area (Å²) >= 11 is 0.